The third-order valence-electron chi connectivity index (χ3n) is 3.45. The van der Waals surface area contributed by atoms with Gasteiger partial charge in [0.1, 0.15) is 5.75 Å². The van der Waals surface area contributed by atoms with Gasteiger partial charge in [-0.05, 0) is 36.2 Å². The molecule has 0 aliphatic rings. The van der Waals surface area contributed by atoms with Gasteiger partial charge in [-0.15, -0.1) is 0 Å². The van der Waals surface area contributed by atoms with E-state index in [0.717, 1.165) is 5.56 Å². The summed E-state index contributed by atoms with van der Waals surface area (Å²) in [7, 11) is -3.72. The molecule has 0 saturated heterocycles. The summed E-state index contributed by atoms with van der Waals surface area (Å²) < 4.78 is 32.4. The van der Waals surface area contributed by atoms with Crippen LogP contribution in [0.5, 0.6) is 5.75 Å². The molecule has 0 aliphatic heterocycles. The molecule has 2 aromatic carbocycles. The van der Waals surface area contributed by atoms with Gasteiger partial charge < -0.3 is 14.8 Å². The standard InChI is InChI=1S/C18H20N2O6S/c19-27(23,24)16-8-6-14(7-9-16)10-11-20-17(21)12-26-18(22)13-25-15-4-2-1-3-5-15/h1-9H,10-13H2,(H,20,21)(H2,19,23,24). The van der Waals surface area contributed by atoms with Crippen molar-refractivity contribution in [2.24, 2.45) is 5.14 Å². The van der Waals surface area contributed by atoms with Crippen molar-refractivity contribution in [2.45, 2.75) is 11.3 Å². The lowest BCUT2D eigenvalue weighted by Gasteiger charge is -2.08. The molecule has 0 aliphatic carbocycles. The van der Waals surface area contributed by atoms with Crippen LogP contribution in [0.15, 0.2) is 59.5 Å². The molecule has 8 nitrogen and oxygen atoms in total. The minimum atomic E-state index is -3.72. The minimum absolute atomic E-state index is 0.0277. The van der Waals surface area contributed by atoms with Crippen LogP contribution in [-0.2, 0) is 30.8 Å². The Hall–Kier alpha value is -2.91. The van der Waals surface area contributed by atoms with Gasteiger partial charge >= 0.3 is 5.97 Å². The van der Waals surface area contributed by atoms with Crippen LogP contribution < -0.4 is 15.2 Å². The maximum atomic E-state index is 11.7. The highest BCUT2D eigenvalue weighted by Crippen LogP contribution is 2.09. The number of carbonyl (C=O) groups excluding carboxylic acids is 2. The van der Waals surface area contributed by atoms with Crippen molar-refractivity contribution in [2.75, 3.05) is 19.8 Å². The summed E-state index contributed by atoms with van der Waals surface area (Å²) in [6.45, 7) is -0.374. The number of para-hydroxylation sites is 1. The predicted octanol–water partition coefficient (Wildman–Crippen LogP) is 0.615. The normalized spacial score (nSPS) is 10.9. The zero-order chi connectivity index (χ0) is 19.7. The van der Waals surface area contributed by atoms with Crippen molar-refractivity contribution < 1.29 is 27.5 Å². The van der Waals surface area contributed by atoms with Crippen LogP contribution in [0, 0.1) is 0 Å². The molecule has 2 rings (SSSR count). The molecule has 27 heavy (non-hydrogen) atoms. The van der Waals surface area contributed by atoms with Gasteiger partial charge in [-0.1, -0.05) is 30.3 Å². The summed E-state index contributed by atoms with van der Waals surface area (Å²) in [5.41, 5.74) is 0.830. The number of esters is 1. The predicted molar refractivity (Wildman–Crippen MR) is 97.4 cm³/mol. The Kier molecular flexibility index (Phi) is 7.33. The van der Waals surface area contributed by atoms with Gasteiger partial charge in [0.15, 0.2) is 13.2 Å². The molecule has 1 amide bonds. The third-order valence-corrected chi connectivity index (χ3v) is 4.38. The number of rotatable bonds is 9. The van der Waals surface area contributed by atoms with Crippen molar-refractivity contribution in [3.8, 4) is 5.75 Å². The summed E-state index contributed by atoms with van der Waals surface area (Å²) in [5, 5.41) is 7.63. The van der Waals surface area contributed by atoms with Crippen LogP contribution in [0.2, 0.25) is 0 Å². The summed E-state index contributed by atoms with van der Waals surface area (Å²) in [6.07, 6.45) is 0.488. The number of ether oxygens (including phenoxy) is 2. The van der Waals surface area contributed by atoms with E-state index in [1.54, 1.807) is 36.4 Å². The average Bonchev–Trinajstić information content (AvgIpc) is 2.65. The lowest BCUT2D eigenvalue weighted by molar-refractivity contribution is -0.150. The number of primary sulfonamides is 1. The van der Waals surface area contributed by atoms with E-state index in [9.17, 15) is 18.0 Å². The van der Waals surface area contributed by atoms with Gasteiger partial charge in [0.2, 0.25) is 10.0 Å². The number of amides is 1. The number of benzene rings is 2. The zero-order valence-electron chi connectivity index (χ0n) is 14.5. The fraction of sp³-hybridized carbons (Fsp3) is 0.222. The SMILES string of the molecule is NS(=O)(=O)c1ccc(CCNC(=O)COC(=O)COc2ccccc2)cc1. The maximum Gasteiger partial charge on any atom is 0.344 e. The van der Waals surface area contributed by atoms with E-state index in [2.05, 4.69) is 5.32 Å². The van der Waals surface area contributed by atoms with Crippen LogP contribution in [0.3, 0.4) is 0 Å². The highest BCUT2D eigenvalue weighted by molar-refractivity contribution is 7.89. The molecule has 0 atom stereocenters. The summed E-state index contributed by atoms with van der Waals surface area (Å²) in [6, 6.07) is 14.8. The number of carbonyl (C=O) groups is 2. The third kappa shape index (κ3) is 7.47. The zero-order valence-corrected chi connectivity index (χ0v) is 15.3. The van der Waals surface area contributed by atoms with E-state index >= 15 is 0 Å². The first-order chi connectivity index (χ1) is 12.8. The highest BCUT2D eigenvalue weighted by atomic mass is 32.2. The van der Waals surface area contributed by atoms with E-state index in [1.807, 2.05) is 6.07 Å². The lowest BCUT2D eigenvalue weighted by Crippen LogP contribution is -2.31. The molecule has 0 aromatic heterocycles. The molecule has 0 saturated carbocycles. The Bertz CT molecular complexity index is 866. The molecule has 3 N–H and O–H groups in total. The van der Waals surface area contributed by atoms with Gasteiger partial charge in [0, 0.05) is 6.54 Å². The Morgan fingerprint density at radius 3 is 2.26 bits per heavy atom. The number of hydrogen-bond donors (Lipinski definition) is 2. The second-order valence-corrected chi connectivity index (χ2v) is 7.11. The van der Waals surface area contributed by atoms with Crippen molar-refractivity contribution >= 4 is 21.9 Å². The fourth-order valence-corrected chi connectivity index (χ4v) is 2.61. The average molecular weight is 392 g/mol. The van der Waals surface area contributed by atoms with Crippen LogP contribution in [0.25, 0.3) is 0 Å². The van der Waals surface area contributed by atoms with Gasteiger partial charge in [-0.2, -0.15) is 0 Å². The molecule has 0 spiro atoms. The fourth-order valence-electron chi connectivity index (χ4n) is 2.09. The molecule has 0 fully saturated rings. The van der Waals surface area contributed by atoms with E-state index in [0.29, 0.717) is 18.7 Å². The Labute approximate surface area is 157 Å². The number of nitrogens with one attached hydrogen (secondary N) is 1. The van der Waals surface area contributed by atoms with Crippen molar-refractivity contribution in [3.63, 3.8) is 0 Å². The highest BCUT2D eigenvalue weighted by Gasteiger charge is 2.09. The van der Waals surface area contributed by atoms with Crippen LogP contribution in [0.4, 0.5) is 0 Å². The largest absolute Gasteiger partial charge is 0.482 e. The lowest BCUT2D eigenvalue weighted by atomic mass is 10.1. The van der Waals surface area contributed by atoms with Gasteiger partial charge in [0.25, 0.3) is 5.91 Å². The second kappa shape index (κ2) is 9.70. The first-order valence-electron chi connectivity index (χ1n) is 8.06. The van der Waals surface area contributed by atoms with E-state index in [1.165, 1.54) is 12.1 Å². The smallest absolute Gasteiger partial charge is 0.344 e. The summed E-state index contributed by atoms with van der Waals surface area (Å²) >= 11 is 0. The van der Waals surface area contributed by atoms with Crippen LogP contribution >= 0.6 is 0 Å². The first kappa shape index (κ1) is 20.4. The van der Waals surface area contributed by atoms with Gasteiger partial charge in [-0.3, -0.25) is 4.79 Å². The van der Waals surface area contributed by atoms with Gasteiger partial charge in [-0.25, -0.2) is 18.4 Å². The molecule has 144 valence electrons. The molecular formula is C18H20N2O6S. The molecule has 2 aromatic rings. The topological polar surface area (TPSA) is 125 Å². The van der Waals surface area contributed by atoms with E-state index in [-0.39, 0.29) is 11.5 Å². The summed E-state index contributed by atoms with van der Waals surface area (Å²) in [5.74, 6) is -0.552. The maximum absolute atomic E-state index is 11.7. The van der Waals surface area contributed by atoms with Crippen molar-refractivity contribution in [1.29, 1.82) is 0 Å². The first-order valence-corrected chi connectivity index (χ1v) is 9.61. The van der Waals surface area contributed by atoms with Crippen molar-refractivity contribution in [3.05, 3.63) is 60.2 Å². The Morgan fingerprint density at radius 2 is 1.63 bits per heavy atom. The monoisotopic (exact) mass is 392 g/mol. The van der Waals surface area contributed by atoms with Gasteiger partial charge in [0.05, 0.1) is 4.90 Å². The molecular weight excluding hydrogens is 372 g/mol. The molecule has 0 bridgehead atoms. The van der Waals surface area contributed by atoms with Crippen LogP contribution in [0.1, 0.15) is 5.56 Å². The van der Waals surface area contributed by atoms with E-state index < -0.39 is 28.5 Å². The molecule has 9 heteroatoms. The Balaban J connectivity index is 1.63. The Morgan fingerprint density at radius 1 is 0.963 bits per heavy atom. The summed E-state index contributed by atoms with van der Waals surface area (Å²) in [4.78, 5) is 23.2. The number of hydrogen-bond acceptors (Lipinski definition) is 6. The quantitative estimate of drug-likeness (QED) is 0.603. The molecule has 0 radical (unpaired) electrons. The van der Waals surface area contributed by atoms with Crippen LogP contribution in [-0.4, -0.2) is 40.1 Å². The van der Waals surface area contributed by atoms with E-state index in [4.69, 9.17) is 14.6 Å². The molecule has 0 heterocycles. The molecule has 0 unspecified atom stereocenters. The number of nitrogens with two attached hydrogens (primary N) is 1. The number of sulfonamides is 1. The minimum Gasteiger partial charge on any atom is -0.482 e. The second-order valence-electron chi connectivity index (χ2n) is 5.55. The van der Waals surface area contributed by atoms with Crippen molar-refractivity contribution in [1.82, 2.24) is 5.32 Å².